The Morgan fingerprint density at radius 3 is 2.89 bits per heavy atom. The number of nitrogens with one attached hydrogen (secondary N) is 1. The van der Waals surface area contributed by atoms with Crippen LogP contribution in [0.5, 0.6) is 5.75 Å². The maximum Gasteiger partial charge on any atom is 0.312 e. The average Bonchev–Trinajstić information content (AvgIpc) is 2.36. The van der Waals surface area contributed by atoms with Gasteiger partial charge in [0.1, 0.15) is 5.75 Å². The number of fused-ring (bicyclic) bond motifs is 1. The van der Waals surface area contributed by atoms with Crippen LogP contribution in [-0.4, -0.2) is 19.2 Å². The van der Waals surface area contributed by atoms with Crippen LogP contribution in [0.1, 0.15) is 24.5 Å². The van der Waals surface area contributed by atoms with Gasteiger partial charge in [0.05, 0.1) is 7.11 Å². The molecule has 0 heterocycles. The Labute approximate surface area is 107 Å². The van der Waals surface area contributed by atoms with Gasteiger partial charge in [-0.25, -0.2) is 4.79 Å². The van der Waals surface area contributed by atoms with Crippen LogP contribution in [0.15, 0.2) is 23.8 Å². The van der Waals surface area contributed by atoms with Crippen LogP contribution in [0.25, 0.3) is 6.08 Å². The molecule has 0 saturated heterocycles. The quantitative estimate of drug-likeness (QED) is 0.857. The van der Waals surface area contributed by atoms with Crippen molar-refractivity contribution in [1.29, 1.82) is 0 Å². The van der Waals surface area contributed by atoms with Crippen LogP contribution in [0, 0.1) is 0 Å². The van der Waals surface area contributed by atoms with Crippen molar-refractivity contribution in [1.82, 2.24) is 5.32 Å². The topological polar surface area (TPSA) is 64.3 Å². The number of primary amides is 1. The highest BCUT2D eigenvalue weighted by Gasteiger charge is 2.16. The number of amides is 2. The maximum absolute atomic E-state index is 10.8. The summed E-state index contributed by atoms with van der Waals surface area (Å²) in [6, 6.07) is 5.56. The normalized spacial score (nSPS) is 15.3. The molecule has 1 aromatic rings. The Morgan fingerprint density at radius 1 is 1.44 bits per heavy atom. The van der Waals surface area contributed by atoms with Crippen molar-refractivity contribution in [3.63, 3.8) is 0 Å². The molecule has 96 valence electrons. The van der Waals surface area contributed by atoms with Gasteiger partial charge in [-0.15, -0.1) is 0 Å². The fraction of sp³-hybridized carbons (Fsp3) is 0.357. The number of carbonyl (C=O) groups is 1. The van der Waals surface area contributed by atoms with Gasteiger partial charge in [-0.1, -0.05) is 12.1 Å². The zero-order chi connectivity index (χ0) is 13.1. The Kier molecular flexibility index (Phi) is 3.55. The molecule has 1 aliphatic carbocycles. The minimum Gasteiger partial charge on any atom is -0.497 e. The van der Waals surface area contributed by atoms with Gasteiger partial charge in [-0.2, -0.15) is 0 Å². The molecule has 3 N–H and O–H groups in total. The molecule has 2 rings (SSSR count). The molecule has 0 aromatic heterocycles. The number of methoxy groups -OCH3 is 1. The SMILES string of the molecule is COc1ccc2c(c1)CCC(C(C)NC(N)=O)=C2. The van der Waals surface area contributed by atoms with Crippen LogP contribution < -0.4 is 15.8 Å². The lowest BCUT2D eigenvalue weighted by Gasteiger charge is -2.22. The van der Waals surface area contributed by atoms with E-state index in [9.17, 15) is 4.79 Å². The molecule has 1 aliphatic rings. The predicted molar refractivity (Wildman–Crippen MR) is 71.5 cm³/mol. The third-order valence-electron chi connectivity index (χ3n) is 3.29. The fourth-order valence-corrected chi connectivity index (χ4v) is 2.26. The van der Waals surface area contributed by atoms with Gasteiger partial charge < -0.3 is 15.8 Å². The van der Waals surface area contributed by atoms with Crippen molar-refractivity contribution in [2.45, 2.75) is 25.8 Å². The molecular formula is C14H18N2O2. The minimum atomic E-state index is -0.482. The summed E-state index contributed by atoms with van der Waals surface area (Å²) in [5.41, 5.74) is 8.81. The van der Waals surface area contributed by atoms with E-state index in [0.717, 1.165) is 18.6 Å². The van der Waals surface area contributed by atoms with Crippen molar-refractivity contribution >= 4 is 12.1 Å². The van der Waals surface area contributed by atoms with Gasteiger partial charge in [0.15, 0.2) is 0 Å². The van der Waals surface area contributed by atoms with Gasteiger partial charge in [0.25, 0.3) is 0 Å². The first kappa shape index (κ1) is 12.5. The Hall–Kier alpha value is -1.97. The summed E-state index contributed by atoms with van der Waals surface area (Å²) < 4.78 is 5.21. The highest BCUT2D eigenvalue weighted by Crippen LogP contribution is 2.28. The number of benzene rings is 1. The van der Waals surface area contributed by atoms with Gasteiger partial charge in [0, 0.05) is 6.04 Å². The van der Waals surface area contributed by atoms with Gasteiger partial charge in [0.2, 0.25) is 0 Å². The van der Waals surface area contributed by atoms with Gasteiger partial charge >= 0.3 is 6.03 Å². The number of hydrogen-bond acceptors (Lipinski definition) is 2. The van der Waals surface area contributed by atoms with Crippen molar-refractivity contribution in [2.75, 3.05) is 7.11 Å². The van der Waals surface area contributed by atoms with E-state index in [1.165, 1.54) is 16.7 Å². The van der Waals surface area contributed by atoms with E-state index in [1.807, 2.05) is 19.1 Å². The maximum atomic E-state index is 10.8. The van der Waals surface area contributed by atoms with Crippen molar-refractivity contribution < 1.29 is 9.53 Å². The molecule has 1 aromatic carbocycles. The van der Waals surface area contributed by atoms with E-state index in [-0.39, 0.29) is 6.04 Å². The summed E-state index contributed by atoms with van der Waals surface area (Å²) in [5.74, 6) is 0.883. The van der Waals surface area contributed by atoms with E-state index in [2.05, 4.69) is 17.5 Å². The summed E-state index contributed by atoms with van der Waals surface area (Å²) in [5, 5.41) is 2.71. The molecule has 2 amide bonds. The standard InChI is InChI=1S/C14H18N2O2/c1-9(16-14(15)17)10-3-4-12-8-13(18-2)6-5-11(12)7-10/h5-9H,3-4H2,1-2H3,(H3,15,16,17). The van der Waals surface area contributed by atoms with Crippen molar-refractivity contribution in [2.24, 2.45) is 5.73 Å². The van der Waals surface area contributed by atoms with E-state index < -0.39 is 6.03 Å². The lowest BCUT2D eigenvalue weighted by atomic mass is 9.89. The number of urea groups is 1. The first-order valence-electron chi connectivity index (χ1n) is 6.03. The largest absolute Gasteiger partial charge is 0.497 e. The lowest BCUT2D eigenvalue weighted by Crippen LogP contribution is -2.38. The number of hydrogen-bond donors (Lipinski definition) is 2. The summed E-state index contributed by atoms with van der Waals surface area (Å²) in [6.07, 6.45) is 4.02. The number of ether oxygens (including phenoxy) is 1. The predicted octanol–water partition coefficient (Wildman–Crippen LogP) is 2.08. The molecule has 18 heavy (non-hydrogen) atoms. The summed E-state index contributed by atoms with van der Waals surface area (Å²) in [7, 11) is 1.67. The van der Waals surface area contributed by atoms with E-state index in [4.69, 9.17) is 10.5 Å². The second-order valence-electron chi connectivity index (χ2n) is 4.51. The number of nitrogens with two attached hydrogens (primary N) is 1. The van der Waals surface area contributed by atoms with Crippen molar-refractivity contribution in [3.05, 3.63) is 34.9 Å². The highest BCUT2D eigenvalue weighted by molar-refractivity contribution is 5.73. The van der Waals surface area contributed by atoms with Crippen LogP contribution in [0.4, 0.5) is 4.79 Å². The molecule has 0 bridgehead atoms. The minimum absolute atomic E-state index is 0.0160. The molecule has 0 spiro atoms. The zero-order valence-corrected chi connectivity index (χ0v) is 10.7. The van der Waals surface area contributed by atoms with Crippen LogP contribution in [0.3, 0.4) is 0 Å². The van der Waals surface area contributed by atoms with Gasteiger partial charge in [-0.3, -0.25) is 0 Å². The monoisotopic (exact) mass is 246 g/mol. The van der Waals surface area contributed by atoms with E-state index in [0.29, 0.717) is 0 Å². The lowest BCUT2D eigenvalue weighted by molar-refractivity contribution is 0.247. The van der Waals surface area contributed by atoms with E-state index >= 15 is 0 Å². The van der Waals surface area contributed by atoms with Crippen LogP contribution in [0.2, 0.25) is 0 Å². The Bertz CT molecular complexity index is 495. The summed E-state index contributed by atoms with van der Waals surface area (Å²) in [4.78, 5) is 10.8. The molecule has 0 aliphatic heterocycles. The molecule has 0 saturated carbocycles. The molecule has 0 fully saturated rings. The number of carbonyl (C=O) groups excluding carboxylic acids is 1. The third kappa shape index (κ3) is 2.64. The number of aryl methyl sites for hydroxylation is 1. The molecule has 0 radical (unpaired) electrons. The zero-order valence-electron chi connectivity index (χ0n) is 10.7. The summed E-state index contributed by atoms with van der Waals surface area (Å²) >= 11 is 0. The molecular weight excluding hydrogens is 228 g/mol. The molecule has 4 nitrogen and oxygen atoms in total. The van der Waals surface area contributed by atoms with Crippen LogP contribution in [-0.2, 0) is 6.42 Å². The third-order valence-corrected chi connectivity index (χ3v) is 3.29. The highest BCUT2D eigenvalue weighted by atomic mass is 16.5. The van der Waals surface area contributed by atoms with E-state index in [1.54, 1.807) is 7.11 Å². The average molecular weight is 246 g/mol. The number of rotatable bonds is 3. The van der Waals surface area contributed by atoms with Gasteiger partial charge in [-0.05, 0) is 48.6 Å². The first-order chi connectivity index (χ1) is 8.60. The molecule has 1 unspecified atom stereocenters. The fourth-order valence-electron chi connectivity index (χ4n) is 2.26. The smallest absolute Gasteiger partial charge is 0.312 e. The van der Waals surface area contributed by atoms with Crippen LogP contribution >= 0.6 is 0 Å². The first-order valence-corrected chi connectivity index (χ1v) is 6.03. The molecule has 1 atom stereocenters. The summed E-state index contributed by atoms with van der Waals surface area (Å²) in [6.45, 7) is 1.95. The second kappa shape index (κ2) is 5.12. The Balaban J connectivity index is 2.22. The second-order valence-corrected chi connectivity index (χ2v) is 4.51. The molecule has 4 heteroatoms. The van der Waals surface area contributed by atoms with Crippen molar-refractivity contribution in [3.8, 4) is 5.75 Å². The Morgan fingerprint density at radius 2 is 2.22 bits per heavy atom.